The van der Waals surface area contributed by atoms with Crippen LogP contribution in [0.15, 0.2) is 24.3 Å². The van der Waals surface area contributed by atoms with Crippen molar-refractivity contribution < 1.29 is 9.59 Å². The van der Waals surface area contributed by atoms with Crippen LogP contribution in [0.5, 0.6) is 0 Å². The summed E-state index contributed by atoms with van der Waals surface area (Å²) in [5.74, 6) is -0.555. The van der Waals surface area contributed by atoms with Crippen LogP contribution in [0.25, 0.3) is 0 Å². The topological polar surface area (TPSA) is 84.2 Å². The quantitative estimate of drug-likeness (QED) is 0.638. The van der Waals surface area contributed by atoms with E-state index in [1.165, 1.54) is 19.3 Å². The molecule has 0 unspecified atom stereocenters. The summed E-state index contributed by atoms with van der Waals surface area (Å²) in [7, 11) is 0. The highest BCUT2D eigenvalue weighted by atomic mass is 16.2. The predicted octanol–water partition coefficient (Wildman–Crippen LogP) is 2.88. The number of benzene rings is 1. The van der Waals surface area contributed by atoms with Gasteiger partial charge in [-0.15, -0.1) is 0 Å². The Kier molecular flexibility index (Phi) is 7.17. The second kappa shape index (κ2) is 8.96. The van der Waals surface area contributed by atoms with Crippen molar-refractivity contribution in [2.75, 3.05) is 11.9 Å². The molecule has 20 heavy (non-hydrogen) atoms. The standard InChI is InChI=1S/C15H23N3O2/c1-2-3-4-5-8-11-17-15(20)18-13-10-7-6-9-12(13)14(16)19/h6-7,9-10H,2-5,8,11H2,1H3,(H2,16,19)(H2,17,18,20). The smallest absolute Gasteiger partial charge is 0.319 e. The molecule has 5 heteroatoms. The number of carbonyl (C=O) groups is 2. The van der Waals surface area contributed by atoms with E-state index in [1.807, 2.05) is 0 Å². The largest absolute Gasteiger partial charge is 0.366 e. The molecule has 110 valence electrons. The van der Waals surface area contributed by atoms with Crippen LogP contribution in [-0.2, 0) is 0 Å². The van der Waals surface area contributed by atoms with Crippen LogP contribution in [0.3, 0.4) is 0 Å². The number of amides is 3. The van der Waals surface area contributed by atoms with E-state index in [-0.39, 0.29) is 6.03 Å². The van der Waals surface area contributed by atoms with E-state index in [0.29, 0.717) is 17.8 Å². The van der Waals surface area contributed by atoms with Crippen molar-refractivity contribution in [3.63, 3.8) is 0 Å². The Morgan fingerprint density at radius 2 is 1.80 bits per heavy atom. The summed E-state index contributed by atoms with van der Waals surface area (Å²) < 4.78 is 0. The highest BCUT2D eigenvalue weighted by molar-refractivity contribution is 6.02. The highest BCUT2D eigenvalue weighted by Crippen LogP contribution is 2.13. The number of primary amides is 1. The molecule has 0 aromatic heterocycles. The second-order valence-corrected chi connectivity index (χ2v) is 4.70. The van der Waals surface area contributed by atoms with Crippen molar-refractivity contribution in [2.45, 2.75) is 39.0 Å². The molecule has 1 aromatic rings. The molecule has 0 saturated heterocycles. The molecule has 0 heterocycles. The fourth-order valence-corrected chi connectivity index (χ4v) is 1.90. The molecule has 0 saturated carbocycles. The summed E-state index contributed by atoms with van der Waals surface area (Å²) >= 11 is 0. The Morgan fingerprint density at radius 3 is 2.50 bits per heavy atom. The third kappa shape index (κ3) is 5.73. The predicted molar refractivity (Wildman–Crippen MR) is 80.7 cm³/mol. The zero-order valence-electron chi connectivity index (χ0n) is 11.9. The van der Waals surface area contributed by atoms with Gasteiger partial charge in [0.2, 0.25) is 0 Å². The van der Waals surface area contributed by atoms with E-state index < -0.39 is 5.91 Å². The van der Waals surface area contributed by atoms with Crippen molar-refractivity contribution in [3.05, 3.63) is 29.8 Å². The Morgan fingerprint density at radius 1 is 1.10 bits per heavy atom. The van der Waals surface area contributed by atoms with Gasteiger partial charge in [0.15, 0.2) is 0 Å². The van der Waals surface area contributed by atoms with Gasteiger partial charge in [0.25, 0.3) is 5.91 Å². The fraction of sp³-hybridized carbons (Fsp3) is 0.467. The van der Waals surface area contributed by atoms with Crippen molar-refractivity contribution in [1.29, 1.82) is 0 Å². The molecule has 0 spiro atoms. The minimum absolute atomic E-state index is 0.311. The van der Waals surface area contributed by atoms with Crippen LogP contribution in [0, 0.1) is 0 Å². The zero-order chi connectivity index (χ0) is 14.8. The number of carbonyl (C=O) groups excluding carboxylic acids is 2. The summed E-state index contributed by atoms with van der Waals surface area (Å²) in [5, 5.41) is 5.42. The molecule has 0 bridgehead atoms. The third-order valence-corrected chi connectivity index (χ3v) is 3.01. The first kappa shape index (κ1) is 16.0. The fourth-order valence-electron chi connectivity index (χ4n) is 1.90. The molecular formula is C15H23N3O2. The van der Waals surface area contributed by atoms with Gasteiger partial charge < -0.3 is 16.4 Å². The van der Waals surface area contributed by atoms with Gasteiger partial charge in [-0.2, -0.15) is 0 Å². The normalized spacial score (nSPS) is 10.1. The Bertz CT molecular complexity index is 446. The summed E-state index contributed by atoms with van der Waals surface area (Å²) in [6.07, 6.45) is 5.72. The maximum atomic E-state index is 11.7. The lowest BCUT2D eigenvalue weighted by Crippen LogP contribution is -2.30. The van der Waals surface area contributed by atoms with Crippen molar-refractivity contribution in [3.8, 4) is 0 Å². The lowest BCUT2D eigenvalue weighted by atomic mass is 10.1. The maximum Gasteiger partial charge on any atom is 0.319 e. The Hall–Kier alpha value is -2.04. The van der Waals surface area contributed by atoms with E-state index >= 15 is 0 Å². The average Bonchev–Trinajstić information content (AvgIpc) is 2.43. The number of anilines is 1. The molecule has 0 aliphatic carbocycles. The number of nitrogens with one attached hydrogen (secondary N) is 2. The first-order chi connectivity index (χ1) is 9.65. The average molecular weight is 277 g/mol. The van der Waals surface area contributed by atoms with E-state index in [1.54, 1.807) is 24.3 Å². The van der Waals surface area contributed by atoms with Crippen LogP contribution >= 0.6 is 0 Å². The number of hydrogen-bond acceptors (Lipinski definition) is 2. The Labute approximate surface area is 119 Å². The first-order valence-corrected chi connectivity index (χ1v) is 7.08. The van der Waals surface area contributed by atoms with Crippen LogP contribution in [0.2, 0.25) is 0 Å². The minimum Gasteiger partial charge on any atom is -0.366 e. The van der Waals surface area contributed by atoms with Crippen molar-refractivity contribution >= 4 is 17.6 Å². The lowest BCUT2D eigenvalue weighted by Gasteiger charge is -2.10. The van der Waals surface area contributed by atoms with Gasteiger partial charge in [0, 0.05) is 6.54 Å². The number of unbranched alkanes of at least 4 members (excludes halogenated alkanes) is 4. The molecule has 1 aromatic carbocycles. The molecular weight excluding hydrogens is 254 g/mol. The molecule has 0 atom stereocenters. The summed E-state index contributed by atoms with van der Waals surface area (Å²) in [5.41, 5.74) is 5.99. The van der Waals surface area contributed by atoms with E-state index in [9.17, 15) is 9.59 Å². The molecule has 5 nitrogen and oxygen atoms in total. The van der Waals surface area contributed by atoms with Crippen molar-refractivity contribution in [1.82, 2.24) is 5.32 Å². The van der Waals surface area contributed by atoms with Crippen LogP contribution in [0.1, 0.15) is 49.4 Å². The van der Waals surface area contributed by atoms with Crippen molar-refractivity contribution in [2.24, 2.45) is 5.73 Å². The van der Waals surface area contributed by atoms with E-state index in [0.717, 1.165) is 12.8 Å². The first-order valence-electron chi connectivity index (χ1n) is 7.08. The van der Waals surface area contributed by atoms with Crippen LogP contribution in [0.4, 0.5) is 10.5 Å². The van der Waals surface area contributed by atoms with Gasteiger partial charge in [0.1, 0.15) is 0 Å². The number of rotatable bonds is 8. The van der Waals surface area contributed by atoms with Gasteiger partial charge in [0.05, 0.1) is 11.3 Å². The number of para-hydroxylation sites is 1. The van der Waals surface area contributed by atoms with Gasteiger partial charge in [-0.3, -0.25) is 4.79 Å². The molecule has 0 aliphatic rings. The lowest BCUT2D eigenvalue weighted by molar-refractivity contribution is 0.100. The van der Waals surface area contributed by atoms with Gasteiger partial charge in [-0.05, 0) is 18.6 Å². The molecule has 4 N–H and O–H groups in total. The summed E-state index contributed by atoms with van der Waals surface area (Å²) in [4.78, 5) is 22.9. The highest BCUT2D eigenvalue weighted by Gasteiger charge is 2.09. The van der Waals surface area contributed by atoms with Gasteiger partial charge >= 0.3 is 6.03 Å². The number of urea groups is 1. The second-order valence-electron chi connectivity index (χ2n) is 4.70. The monoisotopic (exact) mass is 277 g/mol. The van der Waals surface area contributed by atoms with Gasteiger partial charge in [-0.25, -0.2) is 4.79 Å². The summed E-state index contributed by atoms with van der Waals surface area (Å²) in [6.45, 7) is 2.80. The molecule has 0 radical (unpaired) electrons. The zero-order valence-corrected chi connectivity index (χ0v) is 11.9. The SMILES string of the molecule is CCCCCCCNC(=O)Nc1ccccc1C(N)=O. The maximum absolute atomic E-state index is 11.7. The van der Waals surface area contributed by atoms with Gasteiger partial charge in [-0.1, -0.05) is 44.7 Å². The summed E-state index contributed by atoms with van der Waals surface area (Å²) in [6, 6.07) is 6.38. The third-order valence-electron chi connectivity index (χ3n) is 3.01. The van der Waals surface area contributed by atoms with E-state index in [4.69, 9.17) is 5.73 Å². The Balaban J connectivity index is 2.34. The molecule has 0 aliphatic heterocycles. The van der Waals surface area contributed by atoms with Crippen LogP contribution in [-0.4, -0.2) is 18.5 Å². The molecule has 3 amide bonds. The minimum atomic E-state index is -0.555. The van der Waals surface area contributed by atoms with E-state index in [2.05, 4.69) is 17.6 Å². The molecule has 1 rings (SSSR count). The number of hydrogen-bond donors (Lipinski definition) is 3. The molecule has 0 fully saturated rings. The number of nitrogens with two attached hydrogens (primary N) is 1. The van der Waals surface area contributed by atoms with Crippen LogP contribution < -0.4 is 16.4 Å².